The first kappa shape index (κ1) is 17.4. The lowest BCUT2D eigenvalue weighted by atomic mass is 10.1. The molecule has 0 radical (unpaired) electrons. The molecular weight excluding hydrogens is 366 g/mol. The number of H-pyrrole nitrogens is 1. The van der Waals surface area contributed by atoms with Gasteiger partial charge in [-0.05, 0) is 30.3 Å². The summed E-state index contributed by atoms with van der Waals surface area (Å²) < 4.78 is 0. The van der Waals surface area contributed by atoms with Crippen molar-refractivity contribution in [3.63, 3.8) is 0 Å². The Bertz CT molecular complexity index is 966. The van der Waals surface area contributed by atoms with Gasteiger partial charge in [-0.15, -0.1) is 0 Å². The molecule has 4 rings (SSSR count). The molecule has 3 aromatic rings. The van der Waals surface area contributed by atoms with Crippen LogP contribution in [0.3, 0.4) is 0 Å². The minimum absolute atomic E-state index is 0.115. The van der Waals surface area contributed by atoms with Crippen molar-refractivity contribution in [3.8, 4) is 17.0 Å². The first-order chi connectivity index (χ1) is 13.1. The lowest BCUT2D eigenvalue weighted by Crippen LogP contribution is -2.49. The number of hydrogen-bond acceptors (Lipinski definition) is 5. The van der Waals surface area contributed by atoms with Gasteiger partial charge in [0.1, 0.15) is 17.3 Å². The second kappa shape index (κ2) is 7.28. The molecule has 0 aliphatic carbocycles. The molecule has 2 N–H and O–H groups in total. The van der Waals surface area contributed by atoms with Crippen LogP contribution in [0.25, 0.3) is 11.3 Å². The molecule has 2 aromatic heterocycles. The number of nitrogens with one attached hydrogen (secondary N) is 1. The Labute approximate surface area is 161 Å². The second-order valence-electron chi connectivity index (χ2n) is 6.27. The number of para-hydroxylation sites is 1. The van der Waals surface area contributed by atoms with E-state index in [-0.39, 0.29) is 11.7 Å². The molecular formula is C19H18ClN5O2. The highest BCUT2D eigenvalue weighted by Crippen LogP contribution is 2.28. The minimum atomic E-state index is -0.115. The van der Waals surface area contributed by atoms with Crippen LogP contribution in [0, 0.1) is 0 Å². The monoisotopic (exact) mass is 383 g/mol. The van der Waals surface area contributed by atoms with Crippen molar-refractivity contribution in [2.75, 3.05) is 31.1 Å². The van der Waals surface area contributed by atoms with Gasteiger partial charge in [0.2, 0.25) is 0 Å². The maximum Gasteiger partial charge on any atom is 0.272 e. The molecule has 27 heavy (non-hydrogen) atoms. The van der Waals surface area contributed by atoms with Gasteiger partial charge in [0, 0.05) is 37.9 Å². The Morgan fingerprint density at radius 1 is 1.11 bits per heavy atom. The number of aromatic hydroxyl groups is 1. The number of carbonyl (C=O) groups is 1. The van der Waals surface area contributed by atoms with Gasteiger partial charge >= 0.3 is 0 Å². The van der Waals surface area contributed by atoms with Crippen molar-refractivity contribution in [2.24, 2.45) is 0 Å². The first-order valence-corrected chi connectivity index (χ1v) is 9.00. The van der Waals surface area contributed by atoms with Crippen LogP contribution in [0.2, 0.25) is 5.02 Å². The fraction of sp³-hybridized carbons (Fsp3) is 0.211. The van der Waals surface area contributed by atoms with E-state index in [0.29, 0.717) is 48.2 Å². The van der Waals surface area contributed by atoms with Crippen molar-refractivity contribution < 1.29 is 9.90 Å². The summed E-state index contributed by atoms with van der Waals surface area (Å²) in [6.45, 7) is 2.44. The molecule has 1 aliphatic heterocycles. The van der Waals surface area contributed by atoms with Crippen molar-refractivity contribution in [1.82, 2.24) is 20.1 Å². The highest BCUT2D eigenvalue weighted by Gasteiger charge is 2.25. The number of phenolic OH excluding ortho intramolecular Hbond substituents is 1. The number of rotatable bonds is 3. The van der Waals surface area contributed by atoms with E-state index in [9.17, 15) is 9.90 Å². The number of anilines is 1. The summed E-state index contributed by atoms with van der Waals surface area (Å²) in [7, 11) is 0. The number of hydrogen-bond donors (Lipinski definition) is 2. The zero-order valence-electron chi connectivity index (χ0n) is 14.5. The van der Waals surface area contributed by atoms with E-state index in [4.69, 9.17) is 11.6 Å². The van der Waals surface area contributed by atoms with E-state index in [1.165, 1.54) is 0 Å². The van der Waals surface area contributed by atoms with Crippen molar-refractivity contribution in [1.29, 1.82) is 0 Å². The Morgan fingerprint density at radius 3 is 2.63 bits per heavy atom. The molecule has 1 aromatic carbocycles. The fourth-order valence-corrected chi connectivity index (χ4v) is 3.40. The van der Waals surface area contributed by atoms with Gasteiger partial charge in [-0.3, -0.25) is 9.89 Å². The summed E-state index contributed by atoms with van der Waals surface area (Å²) in [6, 6.07) is 12.2. The molecule has 0 bridgehead atoms. The van der Waals surface area contributed by atoms with Crippen molar-refractivity contribution in [2.45, 2.75) is 0 Å². The molecule has 0 unspecified atom stereocenters. The third-order valence-corrected chi connectivity index (χ3v) is 4.89. The van der Waals surface area contributed by atoms with Gasteiger partial charge < -0.3 is 14.9 Å². The van der Waals surface area contributed by atoms with E-state index in [0.717, 1.165) is 5.82 Å². The SMILES string of the molecule is O=C(c1cc(-c2ccccc2O)n[nH]1)N1CCN(c2ncccc2Cl)CC1. The van der Waals surface area contributed by atoms with Crippen LogP contribution in [0.5, 0.6) is 5.75 Å². The number of carbonyl (C=O) groups excluding carboxylic acids is 1. The fourth-order valence-electron chi connectivity index (χ4n) is 3.16. The van der Waals surface area contributed by atoms with E-state index in [1.807, 2.05) is 12.1 Å². The number of benzene rings is 1. The summed E-state index contributed by atoms with van der Waals surface area (Å²) >= 11 is 6.21. The molecule has 1 fully saturated rings. The highest BCUT2D eigenvalue weighted by atomic mass is 35.5. The largest absolute Gasteiger partial charge is 0.507 e. The first-order valence-electron chi connectivity index (χ1n) is 8.62. The predicted octanol–water partition coefficient (Wildman–Crippen LogP) is 2.79. The van der Waals surface area contributed by atoms with Crippen LogP contribution in [-0.2, 0) is 0 Å². The molecule has 0 saturated carbocycles. The smallest absolute Gasteiger partial charge is 0.272 e. The standard InChI is InChI=1S/C19H18ClN5O2/c20-14-5-3-7-21-18(14)24-8-10-25(11-9-24)19(27)16-12-15(22-23-16)13-4-1-2-6-17(13)26/h1-7,12,26H,8-11H2,(H,22,23). The molecule has 0 spiro atoms. The average molecular weight is 384 g/mol. The van der Waals surface area contributed by atoms with Gasteiger partial charge in [-0.1, -0.05) is 23.7 Å². The van der Waals surface area contributed by atoms with Crippen LogP contribution < -0.4 is 4.90 Å². The summed E-state index contributed by atoms with van der Waals surface area (Å²) in [4.78, 5) is 20.9. The summed E-state index contributed by atoms with van der Waals surface area (Å²) in [5.74, 6) is 0.759. The van der Waals surface area contributed by atoms with Gasteiger partial charge in [0.15, 0.2) is 0 Å². The quantitative estimate of drug-likeness (QED) is 0.726. The summed E-state index contributed by atoms with van der Waals surface area (Å²) in [5.41, 5.74) is 1.52. The number of nitrogens with zero attached hydrogens (tertiary/aromatic N) is 4. The molecule has 3 heterocycles. The Hall–Kier alpha value is -3.06. The number of aromatic amines is 1. The molecule has 1 amide bonds. The molecule has 0 atom stereocenters. The average Bonchev–Trinajstić information content (AvgIpc) is 3.18. The molecule has 1 saturated heterocycles. The normalized spacial score (nSPS) is 14.4. The lowest BCUT2D eigenvalue weighted by Gasteiger charge is -2.35. The zero-order valence-corrected chi connectivity index (χ0v) is 15.2. The highest BCUT2D eigenvalue weighted by molar-refractivity contribution is 6.32. The molecule has 7 nitrogen and oxygen atoms in total. The van der Waals surface area contributed by atoms with Crippen LogP contribution in [0.1, 0.15) is 10.5 Å². The number of amides is 1. The van der Waals surface area contributed by atoms with E-state index in [1.54, 1.807) is 41.4 Å². The maximum absolute atomic E-state index is 12.8. The number of pyridine rings is 1. The third-order valence-electron chi connectivity index (χ3n) is 4.59. The zero-order chi connectivity index (χ0) is 18.8. The summed E-state index contributed by atoms with van der Waals surface area (Å²) in [5, 5.41) is 17.5. The van der Waals surface area contributed by atoms with Crippen molar-refractivity contribution >= 4 is 23.3 Å². The third kappa shape index (κ3) is 3.46. The van der Waals surface area contributed by atoms with Gasteiger partial charge in [-0.2, -0.15) is 5.10 Å². The Balaban J connectivity index is 1.44. The van der Waals surface area contributed by atoms with Crippen LogP contribution >= 0.6 is 11.6 Å². The molecule has 1 aliphatic rings. The van der Waals surface area contributed by atoms with Crippen LogP contribution in [-0.4, -0.2) is 57.3 Å². The van der Waals surface area contributed by atoms with E-state index >= 15 is 0 Å². The number of phenols is 1. The van der Waals surface area contributed by atoms with Crippen molar-refractivity contribution in [3.05, 3.63) is 59.4 Å². The van der Waals surface area contributed by atoms with Gasteiger partial charge in [0.05, 0.1) is 10.7 Å². The second-order valence-corrected chi connectivity index (χ2v) is 6.68. The Kier molecular flexibility index (Phi) is 4.68. The van der Waals surface area contributed by atoms with Crippen LogP contribution in [0.15, 0.2) is 48.7 Å². The van der Waals surface area contributed by atoms with E-state index in [2.05, 4.69) is 20.1 Å². The van der Waals surface area contributed by atoms with E-state index < -0.39 is 0 Å². The lowest BCUT2D eigenvalue weighted by molar-refractivity contribution is 0.0740. The number of piperazine rings is 1. The minimum Gasteiger partial charge on any atom is -0.507 e. The number of aromatic nitrogens is 3. The van der Waals surface area contributed by atoms with Gasteiger partial charge in [0.25, 0.3) is 5.91 Å². The topological polar surface area (TPSA) is 85.3 Å². The Morgan fingerprint density at radius 2 is 1.89 bits per heavy atom. The van der Waals surface area contributed by atoms with Crippen LogP contribution in [0.4, 0.5) is 5.82 Å². The van der Waals surface area contributed by atoms with Gasteiger partial charge in [-0.25, -0.2) is 4.98 Å². The maximum atomic E-state index is 12.8. The molecule has 138 valence electrons. The summed E-state index contributed by atoms with van der Waals surface area (Å²) in [6.07, 6.45) is 1.71. The number of halogens is 1. The predicted molar refractivity (Wildman–Crippen MR) is 103 cm³/mol. The molecule has 8 heteroatoms.